The summed E-state index contributed by atoms with van der Waals surface area (Å²) in [5, 5.41) is 11.7. The minimum atomic E-state index is -0.288. The minimum absolute atomic E-state index is 0.0404. The van der Waals surface area contributed by atoms with Gasteiger partial charge in [-0.1, -0.05) is 11.3 Å². The van der Waals surface area contributed by atoms with Gasteiger partial charge in [-0.05, 0) is 20.8 Å². The van der Waals surface area contributed by atoms with Crippen molar-refractivity contribution in [2.75, 3.05) is 11.9 Å². The summed E-state index contributed by atoms with van der Waals surface area (Å²) in [6.07, 6.45) is 0.280. The van der Waals surface area contributed by atoms with Gasteiger partial charge in [-0.2, -0.15) is 0 Å². The number of rotatable bonds is 3. The average Bonchev–Trinajstić information content (AvgIpc) is 2.85. The number of anilines is 1. The zero-order valence-electron chi connectivity index (χ0n) is 10.6. The van der Waals surface area contributed by atoms with Gasteiger partial charge in [-0.25, -0.2) is 0 Å². The van der Waals surface area contributed by atoms with E-state index in [-0.39, 0.29) is 30.2 Å². The molecule has 98 valence electrons. The maximum absolute atomic E-state index is 12.0. The van der Waals surface area contributed by atoms with Crippen LogP contribution in [0.4, 0.5) is 5.13 Å². The highest BCUT2D eigenvalue weighted by Gasteiger charge is 2.35. The number of carbonyl (C=O) groups excluding carboxylic acids is 2. The number of aryl methyl sites for hydroxylation is 1. The Kier molecular flexibility index (Phi) is 3.60. The van der Waals surface area contributed by atoms with Crippen LogP contribution in [-0.4, -0.2) is 39.5 Å². The van der Waals surface area contributed by atoms with E-state index >= 15 is 0 Å². The fraction of sp³-hybridized carbons (Fsp3) is 0.636. The highest BCUT2D eigenvalue weighted by molar-refractivity contribution is 7.15. The SMILES string of the molecule is Cc1nnc(NC(=O)[C@H]2CC(=O)N(C(C)C)C2)s1. The van der Waals surface area contributed by atoms with Crippen molar-refractivity contribution in [2.45, 2.75) is 33.2 Å². The van der Waals surface area contributed by atoms with Crippen LogP contribution >= 0.6 is 11.3 Å². The molecule has 1 aromatic heterocycles. The van der Waals surface area contributed by atoms with Gasteiger partial charge in [0.25, 0.3) is 0 Å². The predicted octanol–water partition coefficient (Wildman–Crippen LogP) is 1.04. The maximum Gasteiger partial charge on any atom is 0.231 e. The quantitative estimate of drug-likeness (QED) is 0.889. The van der Waals surface area contributed by atoms with Crippen molar-refractivity contribution in [3.8, 4) is 0 Å². The van der Waals surface area contributed by atoms with Gasteiger partial charge in [-0.3, -0.25) is 9.59 Å². The number of carbonyl (C=O) groups is 2. The summed E-state index contributed by atoms with van der Waals surface area (Å²) in [6, 6.07) is 0.138. The summed E-state index contributed by atoms with van der Waals surface area (Å²) in [4.78, 5) is 25.4. The van der Waals surface area contributed by atoms with E-state index in [0.29, 0.717) is 11.7 Å². The lowest BCUT2D eigenvalue weighted by Gasteiger charge is -2.20. The molecule has 1 fully saturated rings. The normalized spacial score (nSPS) is 19.7. The first kappa shape index (κ1) is 12.9. The highest BCUT2D eigenvalue weighted by Crippen LogP contribution is 2.22. The van der Waals surface area contributed by atoms with Crippen LogP contribution in [-0.2, 0) is 9.59 Å². The van der Waals surface area contributed by atoms with Crippen LogP contribution in [0.25, 0.3) is 0 Å². The molecule has 0 saturated carbocycles. The summed E-state index contributed by atoms with van der Waals surface area (Å²) in [7, 11) is 0. The number of hydrogen-bond donors (Lipinski definition) is 1. The monoisotopic (exact) mass is 268 g/mol. The number of likely N-dealkylation sites (tertiary alicyclic amines) is 1. The largest absolute Gasteiger partial charge is 0.339 e. The molecule has 2 amide bonds. The topological polar surface area (TPSA) is 75.2 Å². The van der Waals surface area contributed by atoms with Gasteiger partial charge < -0.3 is 10.2 Å². The predicted molar refractivity (Wildman–Crippen MR) is 68.2 cm³/mol. The van der Waals surface area contributed by atoms with E-state index in [4.69, 9.17) is 0 Å². The van der Waals surface area contributed by atoms with Crippen molar-refractivity contribution < 1.29 is 9.59 Å². The molecule has 6 nitrogen and oxygen atoms in total. The van der Waals surface area contributed by atoms with E-state index in [0.717, 1.165) is 5.01 Å². The lowest BCUT2D eigenvalue weighted by atomic mass is 10.1. The molecule has 0 radical (unpaired) electrons. The number of hydrogen-bond acceptors (Lipinski definition) is 5. The maximum atomic E-state index is 12.0. The molecule has 2 heterocycles. The van der Waals surface area contributed by atoms with E-state index in [2.05, 4.69) is 15.5 Å². The molecule has 18 heavy (non-hydrogen) atoms. The van der Waals surface area contributed by atoms with Crippen molar-refractivity contribution in [2.24, 2.45) is 5.92 Å². The van der Waals surface area contributed by atoms with Crippen LogP contribution in [0.5, 0.6) is 0 Å². The zero-order valence-corrected chi connectivity index (χ0v) is 11.5. The third-order valence-electron chi connectivity index (χ3n) is 2.91. The van der Waals surface area contributed by atoms with Gasteiger partial charge in [0.05, 0.1) is 5.92 Å². The van der Waals surface area contributed by atoms with E-state index in [1.165, 1.54) is 11.3 Å². The van der Waals surface area contributed by atoms with Gasteiger partial charge in [0, 0.05) is 19.0 Å². The van der Waals surface area contributed by atoms with Gasteiger partial charge in [0.15, 0.2) is 0 Å². The Morgan fingerprint density at radius 2 is 2.22 bits per heavy atom. The Morgan fingerprint density at radius 3 is 2.72 bits per heavy atom. The third kappa shape index (κ3) is 2.66. The van der Waals surface area contributed by atoms with E-state index in [1.807, 2.05) is 20.8 Å². The smallest absolute Gasteiger partial charge is 0.231 e. The summed E-state index contributed by atoms with van der Waals surface area (Å²) in [6.45, 7) is 6.21. The standard InChI is InChI=1S/C11H16N4O2S/c1-6(2)15-5-8(4-9(15)16)10(17)12-11-14-13-7(3)18-11/h6,8H,4-5H2,1-3H3,(H,12,14,17)/t8-/m0/s1. The molecule has 0 aromatic carbocycles. The molecule has 1 N–H and O–H groups in total. The van der Waals surface area contributed by atoms with Crippen LogP contribution in [0.2, 0.25) is 0 Å². The fourth-order valence-corrected chi connectivity index (χ4v) is 2.56. The first-order chi connectivity index (χ1) is 8.47. The lowest BCUT2D eigenvalue weighted by Crippen LogP contribution is -2.33. The minimum Gasteiger partial charge on any atom is -0.339 e. The van der Waals surface area contributed by atoms with E-state index < -0.39 is 0 Å². The summed E-state index contributed by atoms with van der Waals surface area (Å²) in [5.41, 5.74) is 0. The molecule has 7 heteroatoms. The molecular weight excluding hydrogens is 252 g/mol. The molecule has 1 aromatic rings. The lowest BCUT2D eigenvalue weighted by molar-refractivity contribution is -0.129. The van der Waals surface area contributed by atoms with Crippen LogP contribution in [0.3, 0.4) is 0 Å². The Bertz CT molecular complexity index is 471. The second kappa shape index (κ2) is 5.01. The summed E-state index contributed by atoms with van der Waals surface area (Å²) >= 11 is 1.33. The first-order valence-electron chi connectivity index (χ1n) is 5.88. The van der Waals surface area contributed by atoms with Gasteiger partial charge in [0.2, 0.25) is 16.9 Å². The molecule has 2 rings (SSSR count). The first-order valence-corrected chi connectivity index (χ1v) is 6.69. The molecule has 0 aliphatic carbocycles. The van der Waals surface area contributed by atoms with Gasteiger partial charge >= 0.3 is 0 Å². The van der Waals surface area contributed by atoms with Crippen molar-refractivity contribution in [3.63, 3.8) is 0 Å². The second-order valence-corrected chi connectivity index (χ2v) is 5.84. The highest BCUT2D eigenvalue weighted by atomic mass is 32.1. The van der Waals surface area contributed by atoms with E-state index in [9.17, 15) is 9.59 Å². The Hall–Kier alpha value is -1.50. The van der Waals surface area contributed by atoms with Crippen molar-refractivity contribution in [3.05, 3.63) is 5.01 Å². The zero-order chi connectivity index (χ0) is 13.3. The average molecular weight is 268 g/mol. The van der Waals surface area contributed by atoms with Gasteiger partial charge in [-0.15, -0.1) is 10.2 Å². The number of nitrogens with one attached hydrogen (secondary N) is 1. The molecule has 1 atom stereocenters. The Morgan fingerprint density at radius 1 is 1.50 bits per heavy atom. The fourth-order valence-electron chi connectivity index (χ4n) is 1.96. The second-order valence-electron chi connectivity index (χ2n) is 4.66. The van der Waals surface area contributed by atoms with Crippen LogP contribution in [0.1, 0.15) is 25.3 Å². The van der Waals surface area contributed by atoms with Crippen LogP contribution in [0.15, 0.2) is 0 Å². The van der Waals surface area contributed by atoms with Gasteiger partial charge in [0.1, 0.15) is 5.01 Å². The third-order valence-corrected chi connectivity index (χ3v) is 3.66. The van der Waals surface area contributed by atoms with Crippen molar-refractivity contribution in [1.82, 2.24) is 15.1 Å². The molecular formula is C11H16N4O2S. The molecule has 1 saturated heterocycles. The summed E-state index contributed by atoms with van der Waals surface area (Å²) in [5.74, 6) is -0.398. The Balaban J connectivity index is 1.97. The molecule has 0 bridgehead atoms. The Labute approximate surface area is 109 Å². The number of amides is 2. The van der Waals surface area contributed by atoms with Crippen LogP contribution < -0.4 is 5.32 Å². The molecule has 0 unspecified atom stereocenters. The van der Waals surface area contributed by atoms with E-state index in [1.54, 1.807) is 4.90 Å². The molecule has 1 aliphatic rings. The van der Waals surface area contributed by atoms with Crippen molar-refractivity contribution in [1.29, 1.82) is 0 Å². The van der Waals surface area contributed by atoms with Crippen LogP contribution in [0, 0.1) is 12.8 Å². The number of aromatic nitrogens is 2. The molecule has 0 spiro atoms. The number of nitrogens with zero attached hydrogens (tertiary/aromatic N) is 3. The summed E-state index contributed by atoms with van der Waals surface area (Å²) < 4.78 is 0. The van der Waals surface area contributed by atoms with Crippen molar-refractivity contribution >= 4 is 28.3 Å². The molecule has 1 aliphatic heterocycles.